The molecule has 0 aliphatic heterocycles. The Kier molecular flexibility index (Phi) is 3.71. The highest BCUT2D eigenvalue weighted by molar-refractivity contribution is 5.57. The zero-order valence-corrected chi connectivity index (χ0v) is 11.7. The summed E-state index contributed by atoms with van der Waals surface area (Å²) in [5, 5.41) is 3.28. The van der Waals surface area contributed by atoms with E-state index in [9.17, 15) is 4.39 Å². The predicted octanol–water partition coefficient (Wildman–Crippen LogP) is 3.68. The summed E-state index contributed by atoms with van der Waals surface area (Å²) in [5.41, 5.74) is 1.32. The first-order valence-corrected chi connectivity index (χ1v) is 6.31. The molecule has 102 valence electrons. The number of aromatic nitrogens is 1. The van der Waals surface area contributed by atoms with Gasteiger partial charge in [-0.15, -0.1) is 0 Å². The van der Waals surface area contributed by atoms with Crippen molar-refractivity contribution in [3.05, 3.63) is 41.7 Å². The van der Waals surface area contributed by atoms with Crippen molar-refractivity contribution in [2.75, 3.05) is 0 Å². The molecule has 4 heteroatoms. The van der Waals surface area contributed by atoms with E-state index in [1.165, 1.54) is 6.07 Å². The van der Waals surface area contributed by atoms with Crippen molar-refractivity contribution in [3.63, 3.8) is 0 Å². The summed E-state index contributed by atoms with van der Waals surface area (Å²) >= 11 is 0. The van der Waals surface area contributed by atoms with Gasteiger partial charge in [-0.3, -0.25) is 0 Å². The van der Waals surface area contributed by atoms with Crippen LogP contribution in [0.2, 0.25) is 0 Å². The maximum absolute atomic E-state index is 13.8. The monoisotopic (exact) mass is 262 g/mol. The van der Waals surface area contributed by atoms with Gasteiger partial charge in [0.15, 0.2) is 5.76 Å². The van der Waals surface area contributed by atoms with E-state index >= 15 is 0 Å². The number of benzene rings is 1. The predicted molar refractivity (Wildman–Crippen MR) is 73.2 cm³/mol. The Bertz CT molecular complexity index is 570. The normalized spacial score (nSPS) is 11.8. The molecule has 0 aliphatic carbocycles. The van der Waals surface area contributed by atoms with Crippen LogP contribution in [0.1, 0.15) is 32.2 Å². The highest BCUT2D eigenvalue weighted by atomic mass is 19.1. The molecule has 19 heavy (non-hydrogen) atoms. The van der Waals surface area contributed by atoms with Crippen molar-refractivity contribution < 1.29 is 8.81 Å². The lowest BCUT2D eigenvalue weighted by Gasteiger charge is -2.18. The number of rotatable bonds is 3. The van der Waals surface area contributed by atoms with Crippen LogP contribution in [0.4, 0.5) is 4.39 Å². The van der Waals surface area contributed by atoms with Gasteiger partial charge in [-0.25, -0.2) is 9.37 Å². The van der Waals surface area contributed by atoms with E-state index in [2.05, 4.69) is 31.1 Å². The molecule has 0 unspecified atom stereocenters. The van der Waals surface area contributed by atoms with Crippen LogP contribution in [0.25, 0.3) is 11.3 Å². The third-order valence-electron chi connectivity index (χ3n) is 2.71. The minimum atomic E-state index is -0.286. The first-order chi connectivity index (χ1) is 8.85. The molecule has 0 radical (unpaired) electrons. The summed E-state index contributed by atoms with van der Waals surface area (Å²) in [6.45, 7) is 8.58. The number of hydrogen-bond acceptors (Lipinski definition) is 3. The van der Waals surface area contributed by atoms with Gasteiger partial charge >= 0.3 is 0 Å². The van der Waals surface area contributed by atoms with E-state index in [0.717, 1.165) is 5.56 Å². The molecule has 1 aromatic heterocycles. The Morgan fingerprint density at radius 2 is 2.05 bits per heavy atom. The Labute approximate surface area is 112 Å². The van der Waals surface area contributed by atoms with Gasteiger partial charge in [-0.1, -0.05) is 6.07 Å². The first-order valence-electron chi connectivity index (χ1n) is 6.31. The fourth-order valence-electron chi connectivity index (χ4n) is 1.68. The van der Waals surface area contributed by atoms with Crippen LogP contribution < -0.4 is 5.32 Å². The maximum Gasteiger partial charge on any atom is 0.208 e. The van der Waals surface area contributed by atoms with Gasteiger partial charge in [0.1, 0.15) is 5.82 Å². The first kappa shape index (κ1) is 13.7. The third kappa shape index (κ3) is 3.64. The highest BCUT2D eigenvalue weighted by Crippen LogP contribution is 2.24. The molecule has 3 nitrogen and oxygen atoms in total. The Hall–Kier alpha value is -1.68. The lowest BCUT2D eigenvalue weighted by molar-refractivity contribution is 0.383. The van der Waals surface area contributed by atoms with Crippen LogP contribution in [-0.4, -0.2) is 10.5 Å². The van der Waals surface area contributed by atoms with E-state index in [4.69, 9.17) is 4.42 Å². The molecule has 2 aromatic rings. The van der Waals surface area contributed by atoms with Gasteiger partial charge in [0, 0.05) is 5.54 Å². The number of aryl methyl sites for hydroxylation is 1. The molecule has 1 heterocycles. The van der Waals surface area contributed by atoms with Crippen LogP contribution in [0.15, 0.2) is 28.8 Å². The fourth-order valence-corrected chi connectivity index (χ4v) is 1.68. The molecule has 2 rings (SSSR count). The summed E-state index contributed by atoms with van der Waals surface area (Å²) in [6, 6.07) is 5.06. The SMILES string of the molecule is Cc1ccc(-c2cnc(CNC(C)(C)C)o2)c(F)c1. The molecule has 0 amide bonds. The summed E-state index contributed by atoms with van der Waals surface area (Å²) in [7, 11) is 0. The topological polar surface area (TPSA) is 38.1 Å². The zero-order chi connectivity index (χ0) is 14.0. The van der Waals surface area contributed by atoms with Crippen LogP contribution in [0, 0.1) is 12.7 Å². The van der Waals surface area contributed by atoms with Crippen LogP contribution in [0.5, 0.6) is 0 Å². The smallest absolute Gasteiger partial charge is 0.208 e. The molecule has 0 saturated heterocycles. The van der Waals surface area contributed by atoms with Crippen molar-refractivity contribution in [2.24, 2.45) is 0 Å². The van der Waals surface area contributed by atoms with Crippen molar-refractivity contribution >= 4 is 0 Å². The lowest BCUT2D eigenvalue weighted by atomic mass is 10.1. The second kappa shape index (κ2) is 5.13. The van der Waals surface area contributed by atoms with E-state index in [-0.39, 0.29) is 11.4 Å². The van der Waals surface area contributed by atoms with E-state index in [1.54, 1.807) is 12.3 Å². The molecule has 1 N–H and O–H groups in total. The molecular formula is C15H19FN2O. The van der Waals surface area contributed by atoms with Crippen LogP contribution >= 0.6 is 0 Å². The van der Waals surface area contributed by atoms with Crippen molar-refractivity contribution in [3.8, 4) is 11.3 Å². The lowest BCUT2D eigenvalue weighted by Crippen LogP contribution is -2.35. The van der Waals surface area contributed by atoms with Gasteiger partial charge in [-0.05, 0) is 45.4 Å². The minimum Gasteiger partial charge on any atom is -0.439 e. The van der Waals surface area contributed by atoms with Crippen molar-refractivity contribution in [1.29, 1.82) is 0 Å². The summed E-state index contributed by atoms with van der Waals surface area (Å²) in [4.78, 5) is 4.16. The fraction of sp³-hybridized carbons (Fsp3) is 0.400. The summed E-state index contributed by atoms with van der Waals surface area (Å²) < 4.78 is 19.4. The molecule has 0 bridgehead atoms. The van der Waals surface area contributed by atoms with E-state index in [0.29, 0.717) is 23.8 Å². The van der Waals surface area contributed by atoms with Gasteiger partial charge in [0.2, 0.25) is 5.89 Å². The number of nitrogens with one attached hydrogen (secondary N) is 1. The van der Waals surface area contributed by atoms with Crippen molar-refractivity contribution in [2.45, 2.75) is 39.8 Å². The third-order valence-corrected chi connectivity index (χ3v) is 2.71. The Morgan fingerprint density at radius 3 is 2.68 bits per heavy atom. The van der Waals surface area contributed by atoms with Gasteiger partial charge in [0.25, 0.3) is 0 Å². The standard InChI is InChI=1S/C15H19FN2O/c1-10-5-6-11(12(16)7-10)13-8-17-14(19-13)9-18-15(2,3)4/h5-8,18H,9H2,1-4H3. The highest BCUT2D eigenvalue weighted by Gasteiger charge is 2.13. The average molecular weight is 262 g/mol. The number of nitrogens with zero attached hydrogens (tertiary/aromatic N) is 1. The van der Waals surface area contributed by atoms with Gasteiger partial charge < -0.3 is 9.73 Å². The number of oxazole rings is 1. The maximum atomic E-state index is 13.8. The molecule has 0 spiro atoms. The quantitative estimate of drug-likeness (QED) is 0.917. The molecule has 1 aromatic carbocycles. The summed E-state index contributed by atoms with van der Waals surface area (Å²) in [6.07, 6.45) is 1.56. The van der Waals surface area contributed by atoms with Gasteiger partial charge in [0.05, 0.1) is 18.3 Å². The Balaban J connectivity index is 2.16. The average Bonchev–Trinajstić information content (AvgIpc) is 2.74. The van der Waals surface area contributed by atoms with Crippen molar-refractivity contribution in [1.82, 2.24) is 10.3 Å². The minimum absolute atomic E-state index is 0.0102. The second-order valence-corrected chi connectivity index (χ2v) is 5.71. The van der Waals surface area contributed by atoms with E-state index in [1.807, 2.05) is 13.0 Å². The molecule has 0 aliphatic rings. The molecule has 0 fully saturated rings. The molecule has 0 saturated carbocycles. The largest absolute Gasteiger partial charge is 0.439 e. The molecular weight excluding hydrogens is 243 g/mol. The summed E-state index contributed by atoms with van der Waals surface area (Å²) in [5.74, 6) is 0.736. The zero-order valence-electron chi connectivity index (χ0n) is 11.7. The number of hydrogen-bond donors (Lipinski definition) is 1. The Morgan fingerprint density at radius 1 is 1.32 bits per heavy atom. The van der Waals surface area contributed by atoms with Crippen LogP contribution in [0.3, 0.4) is 0 Å². The van der Waals surface area contributed by atoms with Gasteiger partial charge in [-0.2, -0.15) is 0 Å². The van der Waals surface area contributed by atoms with Crippen LogP contribution in [-0.2, 0) is 6.54 Å². The van der Waals surface area contributed by atoms with E-state index < -0.39 is 0 Å². The molecule has 0 atom stereocenters. The number of halogens is 1. The second-order valence-electron chi connectivity index (χ2n) is 5.71.